The predicted octanol–water partition coefficient (Wildman–Crippen LogP) is 4.55. The number of nitro benzene ring substituents is 1. The Morgan fingerprint density at radius 3 is 2.37 bits per heavy atom. The standard InChI is InChI=1S/C21H17NO5/c1-15-13-17(22(24)25)11-12-19(15)26-14-21(23)27-20-10-6-5-9-18(20)16-7-3-2-4-8-16/h2-13H,14H2,1H3. The molecule has 6 nitrogen and oxygen atoms in total. The molecule has 0 saturated carbocycles. The number of non-ortho nitro benzene ring substituents is 1. The Morgan fingerprint density at radius 2 is 1.67 bits per heavy atom. The summed E-state index contributed by atoms with van der Waals surface area (Å²) in [6.45, 7) is 1.38. The van der Waals surface area contributed by atoms with Crippen molar-refractivity contribution < 1.29 is 19.2 Å². The number of nitro groups is 1. The lowest BCUT2D eigenvalue weighted by molar-refractivity contribution is -0.384. The average molecular weight is 363 g/mol. The summed E-state index contributed by atoms with van der Waals surface area (Å²) in [6, 6.07) is 21.1. The van der Waals surface area contributed by atoms with Crippen molar-refractivity contribution in [3.8, 4) is 22.6 Å². The Kier molecular flexibility index (Phi) is 5.47. The van der Waals surface area contributed by atoms with E-state index in [9.17, 15) is 14.9 Å². The first kappa shape index (κ1) is 18.1. The van der Waals surface area contributed by atoms with Gasteiger partial charge in [0.25, 0.3) is 5.69 Å². The van der Waals surface area contributed by atoms with Gasteiger partial charge in [-0.05, 0) is 30.2 Å². The van der Waals surface area contributed by atoms with E-state index in [1.165, 1.54) is 18.2 Å². The Balaban J connectivity index is 1.68. The van der Waals surface area contributed by atoms with E-state index >= 15 is 0 Å². The molecule has 3 rings (SSSR count). The van der Waals surface area contributed by atoms with Crippen LogP contribution in [0.15, 0.2) is 72.8 Å². The number of para-hydroxylation sites is 1. The normalized spacial score (nSPS) is 10.3. The van der Waals surface area contributed by atoms with Gasteiger partial charge in [0.15, 0.2) is 6.61 Å². The van der Waals surface area contributed by atoms with Crippen LogP contribution < -0.4 is 9.47 Å². The Bertz CT molecular complexity index is 969. The van der Waals surface area contributed by atoms with Crippen molar-refractivity contribution in [2.45, 2.75) is 6.92 Å². The zero-order valence-electron chi connectivity index (χ0n) is 14.6. The van der Waals surface area contributed by atoms with Crippen LogP contribution in [0.2, 0.25) is 0 Å². The van der Waals surface area contributed by atoms with E-state index in [4.69, 9.17) is 9.47 Å². The minimum atomic E-state index is -0.559. The molecule has 136 valence electrons. The van der Waals surface area contributed by atoms with Crippen LogP contribution in [0.25, 0.3) is 11.1 Å². The molecule has 0 saturated heterocycles. The fourth-order valence-corrected chi connectivity index (χ4v) is 2.61. The molecule has 0 aliphatic rings. The maximum absolute atomic E-state index is 12.2. The van der Waals surface area contributed by atoms with E-state index in [-0.39, 0.29) is 12.3 Å². The molecular formula is C21H17NO5. The number of esters is 1. The third-order valence-electron chi connectivity index (χ3n) is 3.91. The summed E-state index contributed by atoms with van der Waals surface area (Å²) in [5.41, 5.74) is 2.28. The second kappa shape index (κ2) is 8.14. The van der Waals surface area contributed by atoms with Gasteiger partial charge in [0, 0.05) is 17.7 Å². The first-order chi connectivity index (χ1) is 13.0. The van der Waals surface area contributed by atoms with Crippen LogP contribution in [0, 0.1) is 17.0 Å². The van der Waals surface area contributed by atoms with Crippen molar-refractivity contribution in [2.24, 2.45) is 0 Å². The molecule has 6 heteroatoms. The van der Waals surface area contributed by atoms with Crippen LogP contribution in [0.1, 0.15) is 5.56 Å². The van der Waals surface area contributed by atoms with E-state index in [2.05, 4.69) is 0 Å². The van der Waals surface area contributed by atoms with Gasteiger partial charge in [0.2, 0.25) is 0 Å². The fraction of sp³-hybridized carbons (Fsp3) is 0.0952. The molecule has 27 heavy (non-hydrogen) atoms. The average Bonchev–Trinajstić information content (AvgIpc) is 2.68. The van der Waals surface area contributed by atoms with Gasteiger partial charge in [-0.25, -0.2) is 4.79 Å². The molecule has 0 spiro atoms. The maximum Gasteiger partial charge on any atom is 0.349 e. The Labute approximate surface area is 156 Å². The van der Waals surface area contributed by atoms with E-state index in [1.807, 2.05) is 42.5 Å². The van der Waals surface area contributed by atoms with E-state index in [1.54, 1.807) is 19.1 Å². The van der Waals surface area contributed by atoms with Gasteiger partial charge in [0.1, 0.15) is 11.5 Å². The summed E-state index contributed by atoms with van der Waals surface area (Å²) in [5.74, 6) is 0.280. The van der Waals surface area contributed by atoms with Gasteiger partial charge in [-0.2, -0.15) is 0 Å². The van der Waals surface area contributed by atoms with Crippen LogP contribution in [0.3, 0.4) is 0 Å². The number of nitrogens with zero attached hydrogens (tertiary/aromatic N) is 1. The van der Waals surface area contributed by atoms with Gasteiger partial charge < -0.3 is 9.47 Å². The summed E-state index contributed by atoms with van der Waals surface area (Å²) in [5, 5.41) is 10.8. The van der Waals surface area contributed by atoms with Crippen LogP contribution in [0.4, 0.5) is 5.69 Å². The lowest BCUT2D eigenvalue weighted by atomic mass is 10.1. The Hall–Kier alpha value is -3.67. The number of benzene rings is 3. The molecule has 3 aromatic carbocycles. The van der Waals surface area contributed by atoms with E-state index in [0.717, 1.165) is 11.1 Å². The van der Waals surface area contributed by atoms with Gasteiger partial charge in [0.05, 0.1) is 4.92 Å². The minimum Gasteiger partial charge on any atom is -0.482 e. The molecule has 0 atom stereocenters. The summed E-state index contributed by atoms with van der Waals surface area (Å²) in [6.07, 6.45) is 0. The van der Waals surface area contributed by atoms with Gasteiger partial charge in [-0.15, -0.1) is 0 Å². The number of rotatable bonds is 6. The third-order valence-corrected chi connectivity index (χ3v) is 3.91. The third kappa shape index (κ3) is 4.49. The second-order valence-electron chi connectivity index (χ2n) is 5.83. The van der Waals surface area contributed by atoms with Crippen molar-refractivity contribution >= 4 is 11.7 Å². The topological polar surface area (TPSA) is 78.7 Å². The van der Waals surface area contributed by atoms with Crippen molar-refractivity contribution in [1.82, 2.24) is 0 Å². The Morgan fingerprint density at radius 1 is 0.963 bits per heavy atom. The summed E-state index contributed by atoms with van der Waals surface area (Å²) >= 11 is 0. The molecule has 0 heterocycles. The zero-order valence-corrected chi connectivity index (χ0v) is 14.6. The van der Waals surface area contributed by atoms with Gasteiger partial charge in [-0.3, -0.25) is 10.1 Å². The van der Waals surface area contributed by atoms with Crippen molar-refractivity contribution in [1.29, 1.82) is 0 Å². The molecule has 0 N–H and O–H groups in total. The van der Waals surface area contributed by atoms with E-state index < -0.39 is 10.9 Å². The lowest BCUT2D eigenvalue weighted by Crippen LogP contribution is -2.18. The quantitative estimate of drug-likeness (QED) is 0.278. The minimum absolute atomic E-state index is 0.0285. The smallest absolute Gasteiger partial charge is 0.349 e. The second-order valence-corrected chi connectivity index (χ2v) is 5.83. The maximum atomic E-state index is 12.2. The molecule has 0 aromatic heterocycles. The van der Waals surface area contributed by atoms with Crippen LogP contribution in [0.5, 0.6) is 11.5 Å². The summed E-state index contributed by atoms with van der Waals surface area (Å²) in [7, 11) is 0. The highest BCUT2D eigenvalue weighted by molar-refractivity contribution is 5.78. The van der Waals surface area contributed by atoms with Crippen molar-refractivity contribution in [2.75, 3.05) is 6.61 Å². The fourth-order valence-electron chi connectivity index (χ4n) is 2.61. The highest BCUT2D eigenvalue weighted by Crippen LogP contribution is 2.29. The first-order valence-electron chi connectivity index (χ1n) is 8.27. The number of carbonyl (C=O) groups is 1. The van der Waals surface area contributed by atoms with Crippen LogP contribution >= 0.6 is 0 Å². The molecule has 0 bridgehead atoms. The number of carbonyl (C=O) groups excluding carboxylic acids is 1. The monoisotopic (exact) mass is 363 g/mol. The largest absolute Gasteiger partial charge is 0.482 e. The molecule has 0 fully saturated rings. The number of hydrogen-bond acceptors (Lipinski definition) is 5. The molecular weight excluding hydrogens is 346 g/mol. The summed E-state index contributed by atoms with van der Waals surface area (Å²) in [4.78, 5) is 22.5. The SMILES string of the molecule is Cc1cc([N+](=O)[O-])ccc1OCC(=O)Oc1ccccc1-c1ccccc1. The zero-order chi connectivity index (χ0) is 19.2. The van der Waals surface area contributed by atoms with Crippen molar-refractivity contribution in [3.63, 3.8) is 0 Å². The highest BCUT2D eigenvalue weighted by Gasteiger charge is 2.13. The molecule has 0 aliphatic carbocycles. The lowest BCUT2D eigenvalue weighted by Gasteiger charge is -2.11. The first-order valence-corrected chi connectivity index (χ1v) is 8.27. The molecule has 3 aromatic rings. The highest BCUT2D eigenvalue weighted by atomic mass is 16.6. The molecule has 0 unspecified atom stereocenters. The van der Waals surface area contributed by atoms with Gasteiger partial charge in [-0.1, -0.05) is 48.5 Å². The number of aryl methyl sites for hydroxylation is 1. The molecule has 0 amide bonds. The van der Waals surface area contributed by atoms with Crippen LogP contribution in [-0.4, -0.2) is 17.5 Å². The van der Waals surface area contributed by atoms with Crippen LogP contribution in [-0.2, 0) is 4.79 Å². The number of ether oxygens (including phenoxy) is 2. The van der Waals surface area contributed by atoms with Crippen molar-refractivity contribution in [3.05, 3.63) is 88.5 Å². The summed E-state index contributed by atoms with van der Waals surface area (Å²) < 4.78 is 10.9. The van der Waals surface area contributed by atoms with Gasteiger partial charge >= 0.3 is 5.97 Å². The predicted molar refractivity (Wildman–Crippen MR) is 101 cm³/mol. The molecule has 0 aliphatic heterocycles. The molecule has 0 radical (unpaired) electrons. The van der Waals surface area contributed by atoms with E-state index in [0.29, 0.717) is 17.1 Å². The number of hydrogen-bond donors (Lipinski definition) is 0.